The molecule has 1 aliphatic heterocycles. The molecule has 1 fully saturated rings. The van der Waals surface area contributed by atoms with Gasteiger partial charge in [0.1, 0.15) is 6.54 Å². The van der Waals surface area contributed by atoms with E-state index >= 15 is 0 Å². The van der Waals surface area contributed by atoms with E-state index in [0.717, 1.165) is 24.3 Å². The Bertz CT molecular complexity index is 481. The number of carbonyl (C=O) groups excluding carboxylic acids is 1. The first kappa shape index (κ1) is 14.4. The lowest BCUT2D eigenvalue weighted by molar-refractivity contribution is -0.137. The van der Waals surface area contributed by atoms with Gasteiger partial charge in [-0.2, -0.15) is 0 Å². The number of hydrogen-bond donors (Lipinski definition) is 2. The van der Waals surface area contributed by atoms with Gasteiger partial charge >= 0.3 is 5.97 Å². The third-order valence-electron chi connectivity index (χ3n) is 3.18. The SMILES string of the molecule is CC(CN1CCCC1)NC(=O)c1cn(CC(=O)O)nn1. The molecule has 2 rings (SSSR count). The molecule has 110 valence electrons. The van der Waals surface area contributed by atoms with Gasteiger partial charge in [0.25, 0.3) is 5.91 Å². The molecule has 1 aromatic heterocycles. The third kappa shape index (κ3) is 4.02. The minimum atomic E-state index is -1.02. The summed E-state index contributed by atoms with van der Waals surface area (Å²) in [5, 5.41) is 18.8. The minimum absolute atomic E-state index is 0.0187. The Morgan fingerprint density at radius 3 is 2.80 bits per heavy atom. The first-order chi connectivity index (χ1) is 9.54. The molecule has 8 nitrogen and oxygen atoms in total. The Hall–Kier alpha value is -1.96. The van der Waals surface area contributed by atoms with Gasteiger partial charge in [0.05, 0.1) is 6.20 Å². The predicted molar refractivity (Wildman–Crippen MR) is 70.3 cm³/mol. The van der Waals surface area contributed by atoms with Gasteiger partial charge in [-0.05, 0) is 32.9 Å². The number of hydrogen-bond acceptors (Lipinski definition) is 5. The standard InChI is InChI=1S/C12H19N5O3/c1-9(6-16-4-2-3-5-16)13-12(20)10-7-17(15-14-10)8-11(18)19/h7,9H,2-6,8H2,1H3,(H,13,20)(H,18,19). The van der Waals surface area contributed by atoms with Crippen LogP contribution >= 0.6 is 0 Å². The second-order valence-corrected chi connectivity index (χ2v) is 5.08. The summed E-state index contributed by atoms with van der Waals surface area (Å²) in [7, 11) is 0. The van der Waals surface area contributed by atoms with Crippen LogP contribution in [0.2, 0.25) is 0 Å². The lowest BCUT2D eigenvalue weighted by atomic mass is 10.3. The molecule has 0 bridgehead atoms. The van der Waals surface area contributed by atoms with Crippen molar-refractivity contribution in [3.05, 3.63) is 11.9 Å². The van der Waals surface area contributed by atoms with Crippen LogP contribution in [0.4, 0.5) is 0 Å². The maximum absolute atomic E-state index is 11.9. The highest BCUT2D eigenvalue weighted by Crippen LogP contribution is 2.07. The quantitative estimate of drug-likeness (QED) is 0.734. The summed E-state index contributed by atoms with van der Waals surface area (Å²) in [6.45, 7) is 4.61. The van der Waals surface area contributed by atoms with Crippen LogP contribution in [-0.4, -0.2) is 62.6 Å². The van der Waals surface area contributed by atoms with Crippen molar-refractivity contribution < 1.29 is 14.7 Å². The van der Waals surface area contributed by atoms with Crippen molar-refractivity contribution in [3.8, 4) is 0 Å². The summed E-state index contributed by atoms with van der Waals surface area (Å²) >= 11 is 0. The fraction of sp³-hybridized carbons (Fsp3) is 0.667. The van der Waals surface area contributed by atoms with Crippen molar-refractivity contribution >= 4 is 11.9 Å². The maximum Gasteiger partial charge on any atom is 0.325 e. The zero-order valence-electron chi connectivity index (χ0n) is 11.4. The van der Waals surface area contributed by atoms with Crippen molar-refractivity contribution in [2.75, 3.05) is 19.6 Å². The average molecular weight is 281 g/mol. The summed E-state index contributed by atoms with van der Waals surface area (Å²) in [5.74, 6) is -1.35. The molecule has 1 amide bonds. The first-order valence-electron chi connectivity index (χ1n) is 6.70. The molecule has 2 N–H and O–H groups in total. The molecule has 1 unspecified atom stereocenters. The smallest absolute Gasteiger partial charge is 0.325 e. The topological polar surface area (TPSA) is 100 Å². The van der Waals surface area contributed by atoms with Crippen LogP contribution in [0, 0.1) is 0 Å². The molecule has 0 aliphatic carbocycles. The van der Waals surface area contributed by atoms with E-state index in [0.29, 0.717) is 0 Å². The maximum atomic E-state index is 11.9. The van der Waals surface area contributed by atoms with E-state index in [1.54, 1.807) is 0 Å². The van der Waals surface area contributed by atoms with E-state index in [2.05, 4.69) is 20.5 Å². The van der Waals surface area contributed by atoms with Crippen LogP contribution in [0.1, 0.15) is 30.3 Å². The number of aliphatic carboxylic acids is 1. The van der Waals surface area contributed by atoms with Gasteiger partial charge in [-0.3, -0.25) is 9.59 Å². The van der Waals surface area contributed by atoms with E-state index in [4.69, 9.17) is 5.11 Å². The Morgan fingerprint density at radius 1 is 1.45 bits per heavy atom. The summed E-state index contributed by atoms with van der Waals surface area (Å²) < 4.78 is 1.13. The molecular weight excluding hydrogens is 262 g/mol. The molecule has 0 radical (unpaired) electrons. The van der Waals surface area contributed by atoms with E-state index in [1.165, 1.54) is 19.0 Å². The van der Waals surface area contributed by atoms with E-state index in [-0.39, 0.29) is 24.2 Å². The number of carboxylic acids is 1. The fourth-order valence-corrected chi connectivity index (χ4v) is 2.31. The normalized spacial score (nSPS) is 17.1. The molecule has 2 heterocycles. The molecular formula is C12H19N5O3. The van der Waals surface area contributed by atoms with Crippen molar-refractivity contribution in [2.24, 2.45) is 0 Å². The molecule has 1 aliphatic rings. The number of carbonyl (C=O) groups is 2. The van der Waals surface area contributed by atoms with E-state index < -0.39 is 5.97 Å². The Kier molecular flexibility index (Phi) is 4.67. The van der Waals surface area contributed by atoms with Crippen LogP contribution in [0.15, 0.2) is 6.20 Å². The van der Waals surface area contributed by atoms with Crippen LogP contribution in [0.5, 0.6) is 0 Å². The van der Waals surface area contributed by atoms with Gasteiger partial charge in [-0.15, -0.1) is 5.10 Å². The average Bonchev–Trinajstić information content (AvgIpc) is 2.99. The van der Waals surface area contributed by atoms with Crippen LogP contribution in [0.25, 0.3) is 0 Å². The van der Waals surface area contributed by atoms with Gasteiger partial charge < -0.3 is 15.3 Å². The number of aromatic nitrogens is 3. The summed E-state index contributed by atoms with van der Waals surface area (Å²) in [6.07, 6.45) is 3.76. The summed E-state index contributed by atoms with van der Waals surface area (Å²) in [5.41, 5.74) is 0.138. The number of nitrogens with zero attached hydrogens (tertiary/aromatic N) is 4. The fourth-order valence-electron chi connectivity index (χ4n) is 2.31. The van der Waals surface area contributed by atoms with Crippen molar-refractivity contribution in [3.63, 3.8) is 0 Å². The Balaban J connectivity index is 1.83. The van der Waals surface area contributed by atoms with Crippen LogP contribution in [0.3, 0.4) is 0 Å². The van der Waals surface area contributed by atoms with Crippen LogP contribution < -0.4 is 5.32 Å². The van der Waals surface area contributed by atoms with Gasteiger partial charge in [0.15, 0.2) is 5.69 Å². The number of carboxylic acid groups (broad SMARTS) is 1. The van der Waals surface area contributed by atoms with E-state index in [9.17, 15) is 9.59 Å². The predicted octanol–water partition coefficient (Wildman–Crippen LogP) is -0.423. The zero-order valence-corrected chi connectivity index (χ0v) is 11.4. The highest BCUT2D eigenvalue weighted by Gasteiger charge is 2.18. The molecule has 0 aromatic carbocycles. The molecule has 1 aromatic rings. The molecule has 1 atom stereocenters. The number of nitrogens with one attached hydrogen (secondary N) is 1. The Labute approximate surface area is 116 Å². The molecule has 8 heteroatoms. The molecule has 1 saturated heterocycles. The lowest BCUT2D eigenvalue weighted by Crippen LogP contribution is -2.41. The molecule has 0 spiro atoms. The van der Waals surface area contributed by atoms with Gasteiger partial charge in [-0.25, -0.2) is 4.68 Å². The van der Waals surface area contributed by atoms with Gasteiger partial charge in [0.2, 0.25) is 0 Å². The molecule has 20 heavy (non-hydrogen) atoms. The largest absolute Gasteiger partial charge is 0.480 e. The van der Waals surface area contributed by atoms with Crippen molar-refractivity contribution in [2.45, 2.75) is 32.4 Å². The number of amides is 1. The van der Waals surface area contributed by atoms with Crippen LogP contribution in [-0.2, 0) is 11.3 Å². The second kappa shape index (κ2) is 6.47. The summed E-state index contributed by atoms with van der Waals surface area (Å²) in [6, 6.07) is 0.0187. The van der Waals surface area contributed by atoms with Gasteiger partial charge in [-0.1, -0.05) is 5.21 Å². The third-order valence-corrected chi connectivity index (χ3v) is 3.18. The van der Waals surface area contributed by atoms with Gasteiger partial charge in [0, 0.05) is 12.6 Å². The first-order valence-corrected chi connectivity index (χ1v) is 6.70. The highest BCUT2D eigenvalue weighted by atomic mass is 16.4. The number of rotatable bonds is 6. The highest BCUT2D eigenvalue weighted by molar-refractivity contribution is 5.92. The monoisotopic (exact) mass is 281 g/mol. The second-order valence-electron chi connectivity index (χ2n) is 5.08. The zero-order chi connectivity index (χ0) is 14.5. The molecule has 0 saturated carbocycles. The Morgan fingerprint density at radius 2 is 2.15 bits per heavy atom. The van der Waals surface area contributed by atoms with Crippen molar-refractivity contribution in [1.29, 1.82) is 0 Å². The lowest BCUT2D eigenvalue weighted by Gasteiger charge is -2.20. The number of likely N-dealkylation sites (tertiary alicyclic amines) is 1. The van der Waals surface area contributed by atoms with E-state index in [1.807, 2.05) is 6.92 Å². The minimum Gasteiger partial charge on any atom is -0.480 e. The summed E-state index contributed by atoms with van der Waals surface area (Å²) in [4.78, 5) is 24.8. The van der Waals surface area contributed by atoms with Crippen molar-refractivity contribution in [1.82, 2.24) is 25.2 Å².